The number of benzene rings is 2. The summed E-state index contributed by atoms with van der Waals surface area (Å²) in [6.45, 7) is 6.03. The maximum absolute atomic E-state index is 12.4. The maximum Gasteiger partial charge on any atom is 0.317 e. The van der Waals surface area contributed by atoms with E-state index in [-0.39, 0.29) is 24.0 Å². The van der Waals surface area contributed by atoms with E-state index in [0.29, 0.717) is 12.0 Å². The Hall–Kier alpha value is -3.12. The highest BCUT2D eigenvalue weighted by molar-refractivity contribution is 5.93. The summed E-state index contributed by atoms with van der Waals surface area (Å²) in [5, 5.41) is 2.90. The van der Waals surface area contributed by atoms with Crippen molar-refractivity contribution in [3.05, 3.63) is 83.9 Å². The van der Waals surface area contributed by atoms with Crippen LogP contribution in [0.2, 0.25) is 0 Å². The lowest BCUT2D eigenvalue weighted by molar-refractivity contribution is 0.0924. The molecule has 0 aliphatic carbocycles. The molecule has 0 bridgehead atoms. The van der Waals surface area contributed by atoms with Crippen molar-refractivity contribution in [3.8, 4) is 0 Å². The highest BCUT2D eigenvalue weighted by Gasteiger charge is 2.18. The summed E-state index contributed by atoms with van der Waals surface area (Å²) in [7, 11) is 3.39. The van der Waals surface area contributed by atoms with E-state index in [1.807, 2.05) is 55.5 Å². The third kappa shape index (κ3) is 6.25. The second-order valence-electron chi connectivity index (χ2n) is 6.86. The first-order valence-corrected chi connectivity index (χ1v) is 9.20. The fourth-order valence-electron chi connectivity index (χ4n) is 2.61. The van der Waals surface area contributed by atoms with Gasteiger partial charge in [-0.15, -0.1) is 0 Å². The number of rotatable bonds is 8. The van der Waals surface area contributed by atoms with E-state index in [2.05, 4.69) is 22.7 Å². The molecule has 28 heavy (non-hydrogen) atoms. The summed E-state index contributed by atoms with van der Waals surface area (Å²) in [4.78, 5) is 25.7. The van der Waals surface area contributed by atoms with Crippen LogP contribution in [0.3, 0.4) is 0 Å². The van der Waals surface area contributed by atoms with Crippen molar-refractivity contribution in [2.75, 3.05) is 14.1 Å². The normalized spacial score (nSPS) is 12.5. The molecule has 0 saturated heterocycles. The molecule has 2 rings (SSSR count). The van der Waals surface area contributed by atoms with E-state index in [1.54, 1.807) is 26.2 Å². The quantitative estimate of drug-likeness (QED) is 0.486. The van der Waals surface area contributed by atoms with E-state index in [0.717, 1.165) is 11.1 Å². The van der Waals surface area contributed by atoms with Gasteiger partial charge in [-0.3, -0.25) is 10.2 Å². The van der Waals surface area contributed by atoms with Crippen molar-refractivity contribution in [2.45, 2.75) is 25.4 Å². The topological polar surface area (TPSA) is 73.5 Å². The molecule has 0 unspecified atom stereocenters. The molecule has 2 atom stereocenters. The highest BCUT2D eigenvalue weighted by atomic mass is 16.2. The van der Waals surface area contributed by atoms with Gasteiger partial charge in [-0.25, -0.2) is 10.2 Å². The Bertz CT molecular complexity index is 791. The third-order valence-corrected chi connectivity index (χ3v) is 4.42. The first-order chi connectivity index (χ1) is 13.4. The second-order valence-corrected chi connectivity index (χ2v) is 6.86. The van der Waals surface area contributed by atoms with Crippen LogP contribution in [0.1, 0.15) is 35.3 Å². The Morgan fingerprint density at radius 3 is 2.14 bits per heavy atom. The molecular formula is C22H28N4O2. The number of carbonyl (C=O) groups is 2. The maximum atomic E-state index is 12.4. The number of hydrogen-bond acceptors (Lipinski definition) is 3. The molecule has 0 aromatic heterocycles. The Balaban J connectivity index is 2.05. The number of hydrogen-bond donors (Lipinski definition) is 3. The summed E-state index contributed by atoms with van der Waals surface area (Å²) in [5.74, 6) is -0.207. The van der Waals surface area contributed by atoms with E-state index >= 15 is 0 Å². The van der Waals surface area contributed by atoms with Gasteiger partial charge < -0.3 is 10.2 Å². The summed E-state index contributed by atoms with van der Waals surface area (Å²) in [6, 6.07) is 18.3. The van der Waals surface area contributed by atoms with Gasteiger partial charge in [0.05, 0.1) is 6.04 Å². The summed E-state index contributed by atoms with van der Waals surface area (Å²) >= 11 is 0. The van der Waals surface area contributed by atoms with E-state index < -0.39 is 0 Å². The molecule has 0 heterocycles. The molecular weight excluding hydrogens is 352 g/mol. The zero-order valence-electron chi connectivity index (χ0n) is 16.6. The van der Waals surface area contributed by atoms with Crippen LogP contribution in [0.15, 0.2) is 72.8 Å². The first kappa shape index (κ1) is 21.2. The minimum Gasteiger partial charge on any atom is -0.332 e. The van der Waals surface area contributed by atoms with Gasteiger partial charge in [0.25, 0.3) is 5.91 Å². The van der Waals surface area contributed by atoms with E-state index in [9.17, 15) is 9.59 Å². The lowest BCUT2D eigenvalue weighted by Gasteiger charge is -2.25. The summed E-state index contributed by atoms with van der Waals surface area (Å²) < 4.78 is 0. The molecule has 0 fully saturated rings. The zero-order valence-corrected chi connectivity index (χ0v) is 16.6. The van der Waals surface area contributed by atoms with Gasteiger partial charge >= 0.3 is 6.03 Å². The monoisotopic (exact) mass is 380 g/mol. The van der Waals surface area contributed by atoms with Crippen LogP contribution in [0.5, 0.6) is 0 Å². The van der Waals surface area contributed by atoms with Crippen molar-refractivity contribution in [2.24, 2.45) is 0 Å². The largest absolute Gasteiger partial charge is 0.332 e. The Kier molecular flexibility index (Phi) is 7.77. The van der Waals surface area contributed by atoms with Gasteiger partial charge in [0.15, 0.2) is 0 Å². The van der Waals surface area contributed by atoms with Gasteiger partial charge in [0, 0.05) is 25.7 Å². The summed E-state index contributed by atoms with van der Waals surface area (Å²) in [6.07, 6.45) is 0.550. The Morgan fingerprint density at radius 2 is 1.57 bits per heavy atom. The van der Waals surface area contributed by atoms with Gasteiger partial charge in [-0.05, 0) is 31.0 Å². The lowest BCUT2D eigenvalue weighted by atomic mass is 9.97. The van der Waals surface area contributed by atoms with Gasteiger partial charge in [-0.2, -0.15) is 0 Å². The van der Waals surface area contributed by atoms with E-state index in [4.69, 9.17) is 0 Å². The van der Waals surface area contributed by atoms with Crippen LogP contribution in [0.4, 0.5) is 4.79 Å². The van der Waals surface area contributed by atoms with Gasteiger partial charge in [0.2, 0.25) is 0 Å². The van der Waals surface area contributed by atoms with Crippen molar-refractivity contribution in [1.29, 1.82) is 0 Å². The smallest absolute Gasteiger partial charge is 0.317 e. The van der Waals surface area contributed by atoms with Crippen LogP contribution in [-0.2, 0) is 0 Å². The number of carbonyl (C=O) groups excluding carboxylic acids is 2. The minimum absolute atomic E-state index is 0.171. The Labute approximate surface area is 166 Å². The molecule has 2 aromatic carbocycles. The Morgan fingerprint density at radius 1 is 1.00 bits per heavy atom. The van der Waals surface area contributed by atoms with Crippen LogP contribution in [0, 0.1) is 0 Å². The first-order valence-electron chi connectivity index (χ1n) is 9.20. The number of nitrogens with zero attached hydrogens (tertiary/aromatic N) is 1. The molecule has 6 nitrogen and oxygen atoms in total. The average Bonchev–Trinajstić information content (AvgIpc) is 2.71. The molecule has 6 heteroatoms. The number of amides is 3. The third-order valence-electron chi connectivity index (χ3n) is 4.42. The molecule has 3 amide bonds. The van der Waals surface area contributed by atoms with Crippen LogP contribution in [-0.4, -0.2) is 37.0 Å². The molecule has 148 valence electrons. The van der Waals surface area contributed by atoms with Crippen LogP contribution in [0.25, 0.3) is 0 Å². The molecule has 0 spiro atoms. The summed E-state index contributed by atoms with van der Waals surface area (Å²) in [5.41, 5.74) is 8.33. The predicted molar refractivity (Wildman–Crippen MR) is 112 cm³/mol. The highest BCUT2D eigenvalue weighted by Crippen LogP contribution is 2.21. The molecule has 0 aliphatic rings. The number of hydrazine groups is 1. The van der Waals surface area contributed by atoms with Crippen LogP contribution < -0.4 is 16.2 Å². The zero-order chi connectivity index (χ0) is 20.5. The van der Waals surface area contributed by atoms with Gasteiger partial charge in [-0.1, -0.05) is 60.7 Å². The van der Waals surface area contributed by atoms with Gasteiger partial charge in [0.1, 0.15) is 0 Å². The fraction of sp³-hybridized carbons (Fsp3) is 0.273. The van der Waals surface area contributed by atoms with Crippen LogP contribution >= 0.6 is 0 Å². The average molecular weight is 380 g/mol. The molecule has 2 aromatic rings. The molecule has 3 N–H and O–H groups in total. The number of nitrogens with one attached hydrogen (secondary N) is 3. The molecule has 0 saturated carbocycles. The standard InChI is InChI=1S/C22H28N4O2/c1-16(17(2)23-22(28)26(3)4)15-20(18-11-7-5-8-12-18)24-25-21(27)19-13-9-6-10-14-19/h5-14,17,20,24H,1,15H2,2-4H3,(H,23,28)(H,25,27)/t17-,20+/m1/s1. The van der Waals surface area contributed by atoms with Crippen molar-refractivity contribution < 1.29 is 9.59 Å². The molecule has 0 aliphatic heterocycles. The van der Waals surface area contributed by atoms with Crippen molar-refractivity contribution in [1.82, 2.24) is 21.1 Å². The minimum atomic E-state index is -0.207. The predicted octanol–water partition coefficient (Wildman–Crippen LogP) is 3.27. The fourth-order valence-corrected chi connectivity index (χ4v) is 2.61. The van der Waals surface area contributed by atoms with Crippen molar-refractivity contribution in [3.63, 3.8) is 0 Å². The van der Waals surface area contributed by atoms with E-state index in [1.165, 1.54) is 4.90 Å². The second kappa shape index (κ2) is 10.3. The number of urea groups is 1. The molecule has 0 radical (unpaired) electrons. The van der Waals surface area contributed by atoms with Crippen molar-refractivity contribution >= 4 is 11.9 Å². The SMILES string of the molecule is C=C(C[C@H](NNC(=O)c1ccccc1)c1ccccc1)[C@@H](C)NC(=O)N(C)C. The lowest BCUT2D eigenvalue weighted by Crippen LogP contribution is -2.43.